The number of carbonyl (C=O) groups is 1. The van der Waals surface area contributed by atoms with Crippen LogP contribution in [0, 0.1) is 22.7 Å². The van der Waals surface area contributed by atoms with Crippen LogP contribution in [0.15, 0.2) is 4.52 Å². The maximum atomic E-state index is 12.9. The number of anilines is 1. The van der Waals surface area contributed by atoms with Crippen molar-refractivity contribution in [3.8, 4) is 6.07 Å². The predicted molar refractivity (Wildman–Crippen MR) is 110 cm³/mol. The molecule has 0 radical (unpaired) electrons. The maximum Gasteiger partial charge on any atom is 0.278 e. The standard InChI is InChI=1S/C22H27N3O2S/c1-22(2,3)13-9-10-14-16(12-23)21(28-18(14)11-13)24-20(26)19-15-7-5-4-6-8-17(15)27-25-19/h13H,4-11H2,1-3H3,(H,24,26)/t13-/m1/s1. The van der Waals surface area contributed by atoms with E-state index in [-0.39, 0.29) is 11.3 Å². The van der Waals surface area contributed by atoms with Crippen molar-refractivity contribution >= 4 is 22.2 Å². The molecule has 4 rings (SSSR count). The highest BCUT2D eigenvalue weighted by atomic mass is 32.1. The molecule has 0 aromatic carbocycles. The van der Waals surface area contributed by atoms with Crippen LogP contribution in [0.25, 0.3) is 0 Å². The first-order valence-corrected chi connectivity index (χ1v) is 11.0. The van der Waals surface area contributed by atoms with Gasteiger partial charge in [0.1, 0.15) is 16.8 Å². The first-order chi connectivity index (χ1) is 13.4. The van der Waals surface area contributed by atoms with Gasteiger partial charge in [0.05, 0.1) is 5.56 Å². The maximum absolute atomic E-state index is 12.9. The minimum absolute atomic E-state index is 0.246. The average Bonchev–Trinajstić information content (AvgIpc) is 3.12. The van der Waals surface area contributed by atoms with Crippen LogP contribution in [0.2, 0.25) is 0 Å². The molecule has 0 aliphatic heterocycles. The van der Waals surface area contributed by atoms with E-state index >= 15 is 0 Å². The van der Waals surface area contributed by atoms with Gasteiger partial charge in [0, 0.05) is 16.9 Å². The molecule has 0 saturated carbocycles. The zero-order chi connectivity index (χ0) is 19.9. The highest BCUT2D eigenvalue weighted by molar-refractivity contribution is 7.16. The molecule has 0 unspecified atom stereocenters. The van der Waals surface area contributed by atoms with E-state index in [0.29, 0.717) is 22.2 Å². The van der Waals surface area contributed by atoms with E-state index in [9.17, 15) is 10.1 Å². The van der Waals surface area contributed by atoms with Crippen LogP contribution in [0.3, 0.4) is 0 Å². The molecule has 6 heteroatoms. The van der Waals surface area contributed by atoms with E-state index < -0.39 is 0 Å². The summed E-state index contributed by atoms with van der Waals surface area (Å²) in [4.78, 5) is 14.2. The quantitative estimate of drug-likeness (QED) is 0.699. The van der Waals surface area contributed by atoms with Crippen molar-refractivity contribution in [3.05, 3.63) is 33.0 Å². The highest BCUT2D eigenvalue weighted by Crippen LogP contribution is 2.44. The van der Waals surface area contributed by atoms with Crippen LogP contribution in [-0.2, 0) is 25.7 Å². The fraction of sp³-hybridized carbons (Fsp3) is 0.591. The lowest BCUT2D eigenvalue weighted by atomic mass is 9.72. The lowest BCUT2D eigenvalue weighted by Crippen LogP contribution is -2.26. The third-order valence-electron chi connectivity index (χ3n) is 6.24. The molecule has 28 heavy (non-hydrogen) atoms. The minimum atomic E-state index is -0.255. The molecule has 2 heterocycles. The third-order valence-corrected chi connectivity index (χ3v) is 7.41. The molecule has 2 aliphatic rings. The lowest BCUT2D eigenvalue weighted by molar-refractivity contribution is 0.101. The van der Waals surface area contributed by atoms with Gasteiger partial charge in [-0.3, -0.25) is 4.79 Å². The van der Waals surface area contributed by atoms with Crippen molar-refractivity contribution in [3.63, 3.8) is 0 Å². The molecule has 1 amide bonds. The van der Waals surface area contributed by atoms with E-state index in [4.69, 9.17) is 4.52 Å². The first kappa shape index (κ1) is 19.2. The molecular formula is C22H27N3O2S. The molecule has 0 bridgehead atoms. The van der Waals surface area contributed by atoms with Crippen molar-refractivity contribution in [2.45, 2.75) is 72.1 Å². The van der Waals surface area contributed by atoms with Crippen LogP contribution in [0.5, 0.6) is 0 Å². The number of aromatic nitrogens is 1. The van der Waals surface area contributed by atoms with Crippen LogP contribution in [0.4, 0.5) is 5.00 Å². The number of nitrogens with one attached hydrogen (secondary N) is 1. The number of carbonyl (C=O) groups excluding carboxylic acids is 1. The van der Waals surface area contributed by atoms with Crippen LogP contribution >= 0.6 is 11.3 Å². The molecule has 0 spiro atoms. The Morgan fingerprint density at radius 3 is 2.75 bits per heavy atom. The number of thiophene rings is 1. The van der Waals surface area contributed by atoms with Gasteiger partial charge in [0.2, 0.25) is 0 Å². The molecule has 148 valence electrons. The van der Waals surface area contributed by atoms with E-state index in [1.165, 1.54) is 4.88 Å². The Bertz CT molecular complexity index is 942. The molecule has 1 N–H and O–H groups in total. The summed E-state index contributed by atoms with van der Waals surface area (Å²) in [7, 11) is 0. The summed E-state index contributed by atoms with van der Waals surface area (Å²) in [6.45, 7) is 6.83. The van der Waals surface area contributed by atoms with E-state index in [1.54, 1.807) is 11.3 Å². The third kappa shape index (κ3) is 3.48. The van der Waals surface area contributed by atoms with Crippen molar-refractivity contribution in [2.75, 3.05) is 5.32 Å². The van der Waals surface area contributed by atoms with Gasteiger partial charge in [0.15, 0.2) is 5.69 Å². The number of amides is 1. The Hall–Kier alpha value is -2.13. The zero-order valence-corrected chi connectivity index (χ0v) is 17.7. The van der Waals surface area contributed by atoms with E-state index in [0.717, 1.165) is 68.3 Å². The number of aryl methyl sites for hydroxylation is 1. The number of nitrogens with zero attached hydrogens (tertiary/aromatic N) is 2. The Morgan fingerprint density at radius 2 is 2.00 bits per heavy atom. The second-order valence-electron chi connectivity index (χ2n) is 9.07. The summed E-state index contributed by atoms with van der Waals surface area (Å²) < 4.78 is 5.44. The normalized spacial score (nSPS) is 19.3. The van der Waals surface area contributed by atoms with Gasteiger partial charge in [-0.05, 0) is 55.4 Å². The van der Waals surface area contributed by atoms with E-state index in [2.05, 4.69) is 37.3 Å². The summed E-state index contributed by atoms with van der Waals surface area (Å²) >= 11 is 1.56. The number of rotatable bonds is 2. The van der Waals surface area contributed by atoms with Crippen molar-refractivity contribution in [1.82, 2.24) is 5.16 Å². The Labute approximate surface area is 170 Å². The Morgan fingerprint density at radius 1 is 1.21 bits per heavy atom. The number of nitriles is 1. The van der Waals surface area contributed by atoms with E-state index in [1.807, 2.05) is 0 Å². The van der Waals surface area contributed by atoms with Crippen LogP contribution < -0.4 is 5.32 Å². The second kappa shape index (κ2) is 7.36. The monoisotopic (exact) mass is 397 g/mol. The molecule has 2 aromatic rings. The van der Waals surface area contributed by atoms with Gasteiger partial charge in [0.25, 0.3) is 5.91 Å². The smallest absolute Gasteiger partial charge is 0.278 e. The predicted octanol–water partition coefficient (Wildman–Crippen LogP) is 5.28. The van der Waals surface area contributed by atoms with Gasteiger partial charge in [-0.1, -0.05) is 32.3 Å². The van der Waals surface area contributed by atoms with Crippen molar-refractivity contribution in [2.24, 2.45) is 11.3 Å². The molecule has 0 saturated heterocycles. The lowest BCUT2D eigenvalue weighted by Gasteiger charge is -2.33. The van der Waals surface area contributed by atoms with Gasteiger partial charge in [-0.15, -0.1) is 11.3 Å². The second-order valence-corrected chi connectivity index (χ2v) is 10.2. The van der Waals surface area contributed by atoms with Crippen LogP contribution in [-0.4, -0.2) is 11.1 Å². The van der Waals surface area contributed by atoms with Gasteiger partial charge in [-0.2, -0.15) is 5.26 Å². The Balaban J connectivity index is 1.60. The molecule has 0 fully saturated rings. The summed E-state index contributed by atoms with van der Waals surface area (Å²) in [5.74, 6) is 1.19. The van der Waals surface area contributed by atoms with Crippen molar-refractivity contribution < 1.29 is 9.32 Å². The summed E-state index contributed by atoms with van der Waals surface area (Å²) in [6, 6.07) is 2.33. The van der Waals surface area contributed by atoms with Gasteiger partial charge < -0.3 is 9.84 Å². The Kier molecular flexibility index (Phi) is 5.05. The number of fused-ring (bicyclic) bond motifs is 2. The van der Waals surface area contributed by atoms with Gasteiger partial charge >= 0.3 is 0 Å². The van der Waals surface area contributed by atoms with Crippen LogP contribution in [0.1, 0.15) is 84.3 Å². The topological polar surface area (TPSA) is 78.9 Å². The average molecular weight is 398 g/mol. The fourth-order valence-electron chi connectivity index (χ4n) is 4.43. The van der Waals surface area contributed by atoms with Crippen molar-refractivity contribution in [1.29, 1.82) is 5.26 Å². The summed E-state index contributed by atoms with van der Waals surface area (Å²) in [5, 5.41) is 17.4. The molecule has 1 atom stereocenters. The zero-order valence-electron chi connectivity index (χ0n) is 16.9. The summed E-state index contributed by atoms with van der Waals surface area (Å²) in [5.41, 5.74) is 3.34. The number of hydrogen-bond donors (Lipinski definition) is 1. The SMILES string of the molecule is CC(C)(C)[C@@H]1CCc2c(sc(NC(=O)c3noc4c3CCCCC4)c2C#N)C1. The number of hydrogen-bond acceptors (Lipinski definition) is 5. The minimum Gasteiger partial charge on any atom is -0.360 e. The van der Waals surface area contributed by atoms with Gasteiger partial charge in [-0.25, -0.2) is 0 Å². The molecule has 2 aromatic heterocycles. The molecule has 5 nitrogen and oxygen atoms in total. The summed E-state index contributed by atoms with van der Waals surface area (Å²) in [6.07, 6.45) is 7.94. The fourth-order valence-corrected chi connectivity index (χ4v) is 5.71. The molecule has 2 aliphatic carbocycles. The molecular weight excluding hydrogens is 370 g/mol. The largest absolute Gasteiger partial charge is 0.360 e. The first-order valence-electron chi connectivity index (χ1n) is 10.2. The highest BCUT2D eigenvalue weighted by Gasteiger charge is 2.33.